The normalized spacial score (nSPS) is 9.39. The van der Waals surface area contributed by atoms with Gasteiger partial charge in [-0.15, -0.1) is 0 Å². The molecule has 0 amide bonds. The largest absolute Gasteiger partial charge is 0.240 e. The SMILES string of the molecule is CCCCCc1ccc(CN=C=O)cc1N=C=O. The van der Waals surface area contributed by atoms with Crippen LogP contribution >= 0.6 is 0 Å². The van der Waals surface area contributed by atoms with Crippen molar-refractivity contribution in [2.24, 2.45) is 9.98 Å². The van der Waals surface area contributed by atoms with Crippen LogP contribution < -0.4 is 0 Å². The summed E-state index contributed by atoms with van der Waals surface area (Å²) in [6, 6.07) is 5.60. The highest BCUT2D eigenvalue weighted by molar-refractivity contribution is 5.55. The van der Waals surface area contributed by atoms with Crippen LogP contribution in [0.1, 0.15) is 37.3 Å². The summed E-state index contributed by atoms with van der Waals surface area (Å²) >= 11 is 0. The van der Waals surface area contributed by atoms with Gasteiger partial charge in [-0.1, -0.05) is 31.9 Å². The number of isocyanates is 2. The van der Waals surface area contributed by atoms with Crippen LogP contribution in [0.3, 0.4) is 0 Å². The van der Waals surface area contributed by atoms with E-state index in [2.05, 4.69) is 16.9 Å². The second-order valence-corrected chi connectivity index (χ2v) is 4.03. The molecule has 0 aliphatic rings. The number of carbonyl (C=O) groups excluding carboxylic acids is 2. The van der Waals surface area contributed by atoms with Crippen molar-refractivity contribution in [3.63, 3.8) is 0 Å². The maximum Gasteiger partial charge on any atom is 0.240 e. The maximum atomic E-state index is 10.4. The molecule has 1 rings (SSSR count). The van der Waals surface area contributed by atoms with Crippen LogP contribution in [0.25, 0.3) is 0 Å². The Hall–Kier alpha value is -2.02. The van der Waals surface area contributed by atoms with Gasteiger partial charge in [0.15, 0.2) is 0 Å². The lowest BCUT2D eigenvalue weighted by atomic mass is 10.0. The minimum atomic E-state index is 0.264. The first-order valence-corrected chi connectivity index (χ1v) is 6.05. The van der Waals surface area contributed by atoms with Crippen molar-refractivity contribution in [2.45, 2.75) is 39.2 Å². The first-order chi connectivity index (χ1) is 8.81. The summed E-state index contributed by atoms with van der Waals surface area (Å²) in [6.07, 6.45) is 7.33. The standard InChI is InChI=1S/C14H16N2O2/c1-2-3-4-5-13-7-6-12(9-15-10-17)8-14(13)16-11-18/h6-8H,2-5,9H2,1H3. The number of aryl methyl sites for hydroxylation is 1. The first kappa shape index (κ1) is 14.0. The molecule has 0 radical (unpaired) electrons. The van der Waals surface area contributed by atoms with Crippen molar-refractivity contribution < 1.29 is 9.59 Å². The van der Waals surface area contributed by atoms with Gasteiger partial charge in [-0.05, 0) is 30.0 Å². The van der Waals surface area contributed by atoms with Crippen molar-refractivity contribution in [1.82, 2.24) is 0 Å². The molecule has 0 atom stereocenters. The van der Waals surface area contributed by atoms with E-state index in [1.807, 2.05) is 12.1 Å². The summed E-state index contributed by atoms with van der Waals surface area (Å²) in [6.45, 7) is 2.41. The summed E-state index contributed by atoms with van der Waals surface area (Å²) in [5, 5.41) is 0. The van der Waals surface area contributed by atoms with E-state index in [0.717, 1.165) is 36.8 Å². The van der Waals surface area contributed by atoms with Gasteiger partial charge in [-0.3, -0.25) is 0 Å². The highest BCUT2D eigenvalue weighted by Gasteiger charge is 2.03. The third-order valence-electron chi connectivity index (χ3n) is 2.69. The molecule has 94 valence electrons. The van der Waals surface area contributed by atoms with E-state index in [9.17, 15) is 9.59 Å². The summed E-state index contributed by atoms with van der Waals surface area (Å²) in [5.41, 5.74) is 2.50. The smallest absolute Gasteiger partial charge is 0.211 e. The van der Waals surface area contributed by atoms with E-state index in [4.69, 9.17) is 0 Å². The quantitative estimate of drug-likeness (QED) is 0.420. The number of unbranched alkanes of at least 4 members (excludes halogenated alkanes) is 2. The van der Waals surface area contributed by atoms with Crippen LogP contribution in [-0.2, 0) is 22.6 Å². The highest BCUT2D eigenvalue weighted by Crippen LogP contribution is 2.23. The molecule has 4 nitrogen and oxygen atoms in total. The molecule has 0 N–H and O–H groups in total. The molecule has 1 aromatic carbocycles. The van der Waals surface area contributed by atoms with E-state index >= 15 is 0 Å². The number of benzene rings is 1. The van der Waals surface area contributed by atoms with E-state index in [1.54, 1.807) is 12.1 Å². The number of hydrogen-bond acceptors (Lipinski definition) is 4. The topological polar surface area (TPSA) is 58.9 Å². The number of hydrogen-bond donors (Lipinski definition) is 0. The number of aliphatic imine (C=N–C) groups is 2. The van der Waals surface area contributed by atoms with E-state index in [0.29, 0.717) is 5.69 Å². The fraction of sp³-hybridized carbons (Fsp3) is 0.429. The van der Waals surface area contributed by atoms with E-state index in [1.165, 1.54) is 6.08 Å². The minimum absolute atomic E-state index is 0.264. The molecule has 4 heteroatoms. The summed E-state index contributed by atoms with van der Waals surface area (Å²) in [4.78, 5) is 27.7. The van der Waals surface area contributed by atoms with Gasteiger partial charge in [0.25, 0.3) is 0 Å². The van der Waals surface area contributed by atoms with Crippen LogP contribution in [0.15, 0.2) is 28.2 Å². The second-order valence-electron chi connectivity index (χ2n) is 4.03. The highest BCUT2D eigenvalue weighted by atomic mass is 16.1. The number of rotatable bonds is 7. The number of nitrogens with zero attached hydrogens (tertiary/aromatic N) is 2. The second kappa shape index (κ2) is 8.13. The molecule has 0 fully saturated rings. The predicted molar refractivity (Wildman–Crippen MR) is 69.3 cm³/mol. The van der Waals surface area contributed by atoms with Gasteiger partial charge in [0.05, 0.1) is 12.2 Å². The molecule has 0 aromatic heterocycles. The van der Waals surface area contributed by atoms with Crippen LogP contribution in [0.4, 0.5) is 5.69 Å². The van der Waals surface area contributed by atoms with E-state index in [-0.39, 0.29) is 6.54 Å². The zero-order valence-corrected chi connectivity index (χ0v) is 10.5. The van der Waals surface area contributed by atoms with Gasteiger partial charge < -0.3 is 0 Å². The maximum absolute atomic E-state index is 10.4. The molecule has 18 heavy (non-hydrogen) atoms. The van der Waals surface area contributed by atoms with Crippen molar-refractivity contribution in [3.8, 4) is 0 Å². The molecule has 0 aliphatic heterocycles. The van der Waals surface area contributed by atoms with Crippen molar-refractivity contribution in [1.29, 1.82) is 0 Å². The monoisotopic (exact) mass is 244 g/mol. The van der Waals surface area contributed by atoms with Crippen molar-refractivity contribution in [2.75, 3.05) is 0 Å². The van der Waals surface area contributed by atoms with Crippen LogP contribution in [0.5, 0.6) is 0 Å². The molecule has 0 spiro atoms. The molecule has 0 unspecified atom stereocenters. The van der Waals surface area contributed by atoms with Crippen molar-refractivity contribution >= 4 is 17.8 Å². The third kappa shape index (κ3) is 4.46. The first-order valence-electron chi connectivity index (χ1n) is 6.05. The lowest BCUT2D eigenvalue weighted by molar-refractivity contribution is 0.562. The summed E-state index contributed by atoms with van der Waals surface area (Å²) in [7, 11) is 0. The van der Waals surface area contributed by atoms with Gasteiger partial charge in [-0.2, -0.15) is 4.99 Å². The van der Waals surface area contributed by atoms with E-state index < -0.39 is 0 Å². The molecular weight excluding hydrogens is 228 g/mol. The molecule has 0 aliphatic carbocycles. The predicted octanol–water partition coefficient (Wildman–Crippen LogP) is 3.22. The van der Waals surface area contributed by atoms with Gasteiger partial charge in [0.1, 0.15) is 0 Å². The molecule has 0 bridgehead atoms. The molecule has 1 aromatic rings. The van der Waals surface area contributed by atoms with Gasteiger partial charge in [0, 0.05) is 0 Å². The van der Waals surface area contributed by atoms with Gasteiger partial charge >= 0.3 is 0 Å². The lowest BCUT2D eigenvalue weighted by Crippen LogP contribution is -1.89. The Morgan fingerprint density at radius 3 is 2.67 bits per heavy atom. The Kier molecular flexibility index (Phi) is 6.34. The summed E-state index contributed by atoms with van der Waals surface area (Å²) in [5.74, 6) is 0. The Morgan fingerprint density at radius 2 is 2.00 bits per heavy atom. The Morgan fingerprint density at radius 1 is 1.17 bits per heavy atom. The molecule has 0 saturated carbocycles. The molecular formula is C14H16N2O2. The average Bonchev–Trinajstić information content (AvgIpc) is 2.39. The Balaban J connectivity index is 2.89. The Labute approximate surface area is 106 Å². The van der Waals surface area contributed by atoms with Crippen molar-refractivity contribution in [3.05, 3.63) is 29.3 Å². The molecule has 0 saturated heterocycles. The van der Waals surface area contributed by atoms with Crippen LogP contribution in [-0.4, -0.2) is 12.2 Å². The summed E-state index contributed by atoms with van der Waals surface area (Å²) < 4.78 is 0. The lowest BCUT2D eigenvalue weighted by Gasteiger charge is -2.06. The van der Waals surface area contributed by atoms with Gasteiger partial charge in [0.2, 0.25) is 12.2 Å². The average molecular weight is 244 g/mol. The third-order valence-corrected chi connectivity index (χ3v) is 2.69. The Bertz CT molecular complexity index is 485. The van der Waals surface area contributed by atoms with Crippen LogP contribution in [0.2, 0.25) is 0 Å². The zero-order chi connectivity index (χ0) is 13.2. The fourth-order valence-corrected chi connectivity index (χ4v) is 1.76. The fourth-order valence-electron chi connectivity index (χ4n) is 1.76. The van der Waals surface area contributed by atoms with Crippen LogP contribution in [0, 0.1) is 0 Å². The molecule has 0 heterocycles. The van der Waals surface area contributed by atoms with Gasteiger partial charge in [-0.25, -0.2) is 14.6 Å². The minimum Gasteiger partial charge on any atom is -0.211 e. The zero-order valence-electron chi connectivity index (χ0n) is 10.5.